The van der Waals surface area contributed by atoms with E-state index in [1.165, 1.54) is 6.92 Å². The van der Waals surface area contributed by atoms with E-state index in [1.54, 1.807) is 0 Å². The van der Waals surface area contributed by atoms with Crippen LogP contribution in [-0.4, -0.2) is 69.4 Å². The molecule has 0 spiro atoms. The summed E-state index contributed by atoms with van der Waals surface area (Å²) >= 11 is 0.769. The molecule has 0 heterocycles. The van der Waals surface area contributed by atoms with Gasteiger partial charge in [-0.3, -0.25) is 24.0 Å². The Hall–Kier alpha value is -2.63. The highest BCUT2D eigenvalue weighted by molar-refractivity contribution is 8.13. The van der Waals surface area contributed by atoms with Crippen LogP contribution >= 0.6 is 11.8 Å². The molecule has 0 unspecified atom stereocenters. The Kier molecular flexibility index (Phi) is 10.6. The summed E-state index contributed by atoms with van der Waals surface area (Å²) in [7, 11) is 0. The molecule has 0 saturated heterocycles. The fourth-order valence-electron chi connectivity index (χ4n) is 1.71. The van der Waals surface area contributed by atoms with Crippen molar-refractivity contribution in [2.75, 3.05) is 12.3 Å². The van der Waals surface area contributed by atoms with Crippen molar-refractivity contribution in [3.05, 3.63) is 0 Å². The topological polar surface area (TPSA) is 179 Å². The Morgan fingerprint density at radius 3 is 2.04 bits per heavy atom. The lowest BCUT2D eigenvalue weighted by atomic mass is 10.1. The van der Waals surface area contributed by atoms with Crippen molar-refractivity contribution in [2.24, 2.45) is 0 Å². The van der Waals surface area contributed by atoms with Crippen molar-refractivity contribution in [3.63, 3.8) is 0 Å². The molecule has 2 atom stereocenters. The van der Waals surface area contributed by atoms with Gasteiger partial charge in [-0.15, -0.1) is 0 Å². The maximum atomic E-state index is 11.9. The van der Waals surface area contributed by atoms with Crippen molar-refractivity contribution in [3.8, 4) is 0 Å². The molecule has 12 heteroatoms. The molecule has 0 bridgehead atoms. The first-order chi connectivity index (χ1) is 12.0. The molecule has 0 aliphatic rings. The summed E-state index contributed by atoms with van der Waals surface area (Å²) in [6, 6.07) is -2.43. The van der Waals surface area contributed by atoms with Crippen molar-refractivity contribution in [1.29, 1.82) is 0 Å². The van der Waals surface area contributed by atoms with Gasteiger partial charge >= 0.3 is 11.9 Å². The number of hydrogen-bond acceptors (Lipinski definition) is 7. The number of carbonyl (C=O) groups is 6. The highest BCUT2D eigenvalue weighted by Gasteiger charge is 2.24. The first-order valence-electron chi connectivity index (χ1n) is 7.45. The van der Waals surface area contributed by atoms with Gasteiger partial charge in [-0.25, -0.2) is 4.79 Å². The van der Waals surface area contributed by atoms with Gasteiger partial charge in [-0.05, 0) is 6.42 Å². The lowest BCUT2D eigenvalue weighted by Gasteiger charge is -2.18. The molecule has 11 nitrogen and oxygen atoms in total. The third-order valence-corrected chi connectivity index (χ3v) is 3.76. The molecule has 0 aliphatic carbocycles. The number of aliphatic carboxylic acids is 2. The number of carboxylic acids is 2. The van der Waals surface area contributed by atoms with E-state index >= 15 is 0 Å². The normalized spacial score (nSPS) is 12.4. The fraction of sp³-hybridized carbons (Fsp3) is 0.571. The Morgan fingerprint density at radius 1 is 0.962 bits per heavy atom. The van der Waals surface area contributed by atoms with Crippen LogP contribution in [-0.2, 0) is 28.8 Å². The van der Waals surface area contributed by atoms with E-state index in [9.17, 15) is 28.8 Å². The molecule has 0 saturated carbocycles. The maximum absolute atomic E-state index is 11.9. The van der Waals surface area contributed by atoms with Crippen LogP contribution in [0, 0.1) is 0 Å². The smallest absolute Gasteiger partial charge is 0.326 e. The van der Waals surface area contributed by atoms with Crippen LogP contribution in [0.5, 0.6) is 0 Å². The molecule has 146 valence electrons. The second-order valence-corrected chi connectivity index (χ2v) is 6.36. The quantitative estimate of drug-likeness (QED) is 0.275. The molecule has 5 N–H and O–H groups in total. The van der Waals surface area contributed by atoms with E-state index in [4.69, 9.17) is 10.2 Å². The van der Waals surface area contributed by atoms with Gasteiger partial charge in [-0.1, -0.05) is 11.8 Å². The number of rotatable bonds is 11. The minimum Gasteiger partial charge on any atom is -0.480 e. The van der Waals surface area contributed by atoms with Crippen molar-refractivity contribution in [1.82, 2.24) is 16.0 Å². The lowest BCUT2D eigenvalue weighted by molar-refractivity contribution is -0.142. The minimum atomic E-state index is -1.31. The zero-order valence-electron chi connectivity index (χ0n) is 14.2. The standard InChI is InChI=1S/C14H21N3O8S/c1-7(18)16-9(14(24)25)3-4-11(20)17-10(6-26-8(2)19)13(23)15-5-12(21)22/h9-10H,3-6H2,1-2H3,(H,15,23)(H,16,18)(H,17,20)(H,21,22)(H,24,25)/t9-,10-/m0/s1. The molecular weight excluding hydrogens is 370 g/mol. The largest absolute Gasteiger partial charge is 0.480 e. The van der Waals surface area contributed by atoms with Gasteiger partial charge in [0, 0.05) is 26.0 Å². The van der Waals surface area contributed by atoms with Crippen LogP contribution in [0.1, 0.15) is 26.7 Å². The van der Waals surface area contributed by atoms with E-state index in [-0.39, 0.29) is 23.7 Å². The van der Waals surface area contributed by atoms with E-state index in [2.05, 4.69) is 16.0 Å². The van der Waals surface area contributed by atoms with Crippen LogP contribution in [0.4, 0.5) is 0 Å². The molecule has 0 rings (SSSR count). The Bertz CT molecular complexity index is 581. The number of thioether (sulfide) groups is 1. The fourth-order valence-corrected chi connectivity index (χ4v) is 2.35. The van der Waals surface area contributed by atoms with Gasteiger partial charge in [0.15, 0.2) is 5.12 Å². The van der Waals surface area contributed by atoms with Gasteiger partial charge in [0.25, 0.3) is 0 Å². The second-order valence-electron chi connectivity index (χ2n) is 5.16. The Balaban J connectivity index is 4.74. The summed E-state index contributed by atoms with van der Waals surface area (Å²) in [6.07, 6.45) is -0.505. The zero-order chi connectivity index (χ0) is 20.3. The molecule has 0 radical (unpaired) electrons. The van der Waals surface area contributed by atoms with Crippen LogP contribution in [0.15, 0.2) is 0 Å². The predicted molar refractivity (Wildman–Crippen MR) is 90.2 cm³/mol. The first kappa shape index (κ1) is 23.4. The van der Waals surface area contributed by atoms with Gasteiger partial charge in [0.1, 0.15) is 18.6 Å². The number of amides is 3. The van der Waals surface area contributed by atoms with Crippen LogP contribution in [0.3, 0.4) is 0 Å². The van der Waals surface area contributed by atoms with Gasteiger partial charge in [0.05, 0.1) is 0 Å². The number of hydrogen-bond donors (Lipinski definition) is 5. The molecule has 0 fully saturated rings. The average molecular weight is 391 g/mol. The zero-order valence-corrected chi connectivity index (χ0v) is 15.1. The van der Waals surface area contributed by atoms with E-state index in [0.29, 0.717) is 0 Å². The third kappa shape index (κ3) is 11.0. The molecule has 3 amide bonds. The predicted octanol–water partition coefficient (Wildman–Crippen LogP) is -1.68. The highest BCUT2D eigenvalue weighted by Crippen LogP contribution is 2.06. The molecule has 0 aromatic heterocycles. The molecule has 26 heavy (non-hydrogen) atoms. The van der Waals surface area contributed by atoms with E-state index in [1.807, 2.05) is 0 Å². The molecule has 0 aromatic carbocycles. The first-order valence-corrected chi connectivity index (χ1v) is 8.43. The van der Waals surface area contributed by atoms with Gasteiger partial charge < -0.3 is 26.2 Å². The summed E-state index contributed by atoms with van der Waals surface area (Å²) in [5, 5.41) is 23.8. The summed E-state index contributed by atoms with van der Waals surface area (Å²) in [5.41, 5.74) is 0. The summed E-state index contributed by atoms with van der Waals surface area (Å²) in [4.78, 5) is 67.3. The molecular formula is C14H21N3O8S. The monoisotopic (exact) mass is 391 g/mol. The summed E-state index contributed by atoms with van der Waals surface area (Å²) < 4.78 is 0. The highest BCUT2D eigenvalue weighted by atomic mass is 32.2. The van der Waals surface area contributed by atoms with Crippen LogP contribution in [0.25, 0.3) is 0 Å². The number of carbonyl (C=O) groups excluding carboxylic acids is 4. The molecule has 0 aromatic rings. The SMILES string of the molecule is CC(=O)N[C@@H](CCC(=O)N[C@@H](CSC(C)=O)C(=O)NCC(=O)O)C(=O)O. The van der Waals surface area contributed by atoms with Crippen LogP contribution < -0.4 is 16.0 Å². The van der Waals surface area contributed by atoms with Gasteiger partial charge in [-0.2, -0.15) is 0 Å². The Morgan fingerprint density at radius 2 is 1.58 bits per heavy atom. The Labute approximate surface area is 153 Å². The van der Waals surface area contributed by atoms with Gasteiger partial charge in [0.2, 0.25) is 17.7 Å². The summed E-state index contributed by atoms with van der Waals surface area (Å²) in [5.74, 6) is -4.73. The summed E-state index contributed by atoms with van der Waals surface area (Å²) in [6.45, 7) is 1.75. The average Bonchev–Trinajstić information content (AvgIpc) is 2.52. The minimum absolute atomic E-state index is 0.111. The van der Waals surface area contributed by atoms with Crippen LogP contribution in [0.2, 0.25) is 0 Å². The lowest BCUT2D eigenvalue weighted by Crippen LogP contribution is -2.49. The van der Waals surface area contributed by atoms with E-state index in [0.717, 1.165) is 18.7 Å². The third-order valence-electron chi connectivity index (χ3n) is 2.85. The number of carboxylic acid groups (broad SMARTS) is 2. The maximum Gasteiger partial charge on any atom is 0.326 e. The van der Waals surface area contributed by atoms with Crippen molar-refractivity contribution < 1.29 is 39.0 Å². The van der Waals surface area contributed by atoms with Crippen molar-refractivity contribution >= 4 is 46.5 Å². The van der Waals surface area contributed by atoms with E-state index < -0.39 is 48.3 Å². The van der Waals surface area contributed by atoms with Crippen molar-refractivity contribution in [2.45, 2.75) is 38.8 Å². The molecule has 0 aliphatic heterocycles. The second kappa shape index (κ2) is 11.8. The number of nitrogens with one attached hydrogen (secondary N) is 3.